The Morgan fingerprint density at radius 2 is 2.15 bits per heavy atom. The fraction of sp³-hybridized carbons (Fsp3) is 0.316. The molecule has 0 aliphatic carbocycles. The van der Waals surface area contributed by atoms with Crippen LogP contribution in [0.5, 0.6) is 0 Å². The zero-order chi connectivity index (χ0) is 18.7. The van der Waals surface area contributed by atoms with Crippen molar-refractivity contribution in [2.24, 2.45) is 0 Å². The number of nitrogens with one attached hydrogen (secondary N) is 1. The van der Waals surface area contributed by atoms with Crippen molar-refractivity contribution in [3.8, 4) is 0 Å². The summed E-state index contributed by atoms with van der Waals surface area (Å²) in [6.07, 6.45) is 6.09. The van der Waals surface area contributed by atoms with Crippen LogP contribution in [0.3, 0.4) is 0 Å². The Hall–Kier alpha value is -2.12. The highest BCUT2D eigenvalue weighted by atomic mass is 32.2. The zero-order valence-corrected chi connectivity index (χ0v) is 16.1. The lowest BCUT2D eigenvalue weighted by molar-refractivity contribution is -0.137. The second kappa shape index (κ2) is 8.05. The monoisotopic (exact) mass is 388 g/mol. The quantitative estimate of drug-likeness (QED) is 0.420. The highest BCUT2D eigenvalue weighted by Gasteiger charge is 2.31. The third-order valence-corrected chi connectivity index (χ3v) is 5.68. The number of carbonyl (C=O) groups is 2. The van der Waals surface area contributed by atoms with Crippen LogP contribution in [-0.4, -0.2) is 37.7 Å². The largest absolute Gasteiger partial charge is 0.481 e. The van der Waals surface area contributed by atoms with Crippen molar-refractivity contribution in [3.63, 3.8) is 0 Å². The van der Waals surface area contributed by atoms with Gasteiger partial charge >= 0.3 is 5.97 Å². The summed E-state index contributed by atoms with van der Waals surface area (Å²) in [6, 6.07) is 6.18. The predicted molar refractivity (Wildman–Crippen MR) is 109 cm³/mol. The number of aromatic amines is 1. The molecular formula is C19H20N2O3S2. The van der Waals surface area contributed by atoms with Crippen molar-refractivity contribution in [2.75, 3.05) is 6.54 Å². The minimum Gasteiger partial charge on any atom is -0.481 e. The number of carboxylic acids is 1. The van der Waals surface area contributed by atoms with Crippen molar-refractivity contribution in [3.05, 3.63) is 40.4 Å². The number of amides is 1. The molecule has 3 rings (SSSR count). The molecule has 0 bridgehead atoms. The summed E-state index contributed by atoms with van der Waals surface area (Å²) in [6.45, 7) is 2.58. The maximum absolute atomic E-state index is 12.6. The highest BCUT2D eigenvalue weighted by Crippen LogP contribution is 2.34. The first-order chi connectivity index (χ1) is 12.5. The standard InChI is InChI=1S/C19H20N2O3S2/c1-12-6-7-14-13(11-20-15(14)9-12)10-16-18(24)21(19(25)26-16)8-4-2-3-5-17(22)23/h6-7,9-11,20H,2-5,8H2,1H3,(H,22,23)/b16-10-. The van der Waals surface area contributed by atoms with Gasteiger partial charge in [-0.25, -0.2) is 0 Å². The number of fused-ring (bicyclic) bond motifs is 1. The van der Waals surface area contributed by atoms with E-state index in [2.05, 4.69) is 23.2 Å². The molecule has 26 heavy (non-hydrogen) atoms. The molecule has 2 N–H and O–H groups in total. The topological polar surface area (TPSA) is 73.4 Å². The van der Waals surface area contributed by atoms with E-state index in [1.807, 2.05) is 19.2 Å². The van der Waals surface area contributed by atoms with Crippen LogP contribution >= 0.6 is 24.0 Å². The summed E-state index contributed by atoms with van der Waals surface area (Å²) in [5.74, 6) is -0.854. The minimum atomic E-state index is -0.785. The summed E-state index contributed by atoms with van der Waals surface area (Å²) >= 11 is 6.67. The fourth-order valence-corrected chi connectivity index (χ4v) is 4.24. The molecule has 0 saturated carbocycles. The predicted octanol–water partition coefficient (Wildman–Crippen LogP) is 4.32. The number of H-pyrrole nitrogens is 1. The number of carbonyl (C=O) groups excluding carboxylic acids is 1. The van der Waals surface area contributed by atoms with Crippen LogP contribution in [0.4, 0.5) is 0 Å². The van der Waals surface area contributed by atoms with Gasteiger partial charge in [0.2, 0.25) is 0 Å². The van der Waals surface area contributed by atoms with Crippen molar-refractivity contribution in [1.82, 2.24) is 9.88 Å². The summed E-state index contributed by atoms with van der Waals surface area (Å²) in [4.78, 5) is 28.7. The molecule has 0 atom stereocenters. The van der Waals surface area contributed by atoms with E-state index in [-0.39, 0.29) is 12.3 Å². The number of hydrogen-bond acceptors (Lipinski definition) is 4. The van der Waals surface area contributed by atoms with Gasteiger partial charge in [-0.05, 0) is 37.5 Å². The van der Waals surface area contributed by atoms with E-state index in [1.54, 1.807) is 4.90 Å². The van der Waals surface area contributed by atoms with Gasteiger partial charge in [0.25, 0.3) is 5.91 Å². The molecule has 1 saturated heterocycles. The molecule has 0 spiro atoms. The smallest absolute Gasteiger partial charge is 0.303 e. The normalized spacial score (nSPS) is 16.2. The second-order valence-corrected chi connectivity index (χ2v) is 8.01. The first kappa shape index (κ1) is 18.7. The summed E-state index contributed by atoms with van der Waals surface area (Å²) < 4.78 is 0.565. The van der Waals surface area contributed by atoms with Gasteiger partial charge in [-0.15, -0.1) is 0 Å². The van der Waals surface area contributed by atoms with E-state index in [1.165, 1.54) is 17.3 Å². The Morgan fingerprint density at radius 3 is 2.92 bits per heavy atom. The SMILES string of the molecule is Cc1ccc2c(/C=C3\SC(=S)N(CCCCCC(=O)O)C3=O)c[nH]c2c1. The second-order valence-electron chi connectivity index (χ2n) is 6.33. The van der Waals surface area contributed by atoms with E-state index in [0.29, 0.717) is 22.2 Å². The third-order valence-electron chi connectivity index (χ3n) is 4.30. The average molecular weight is 389 g/mol. The lowest BCUT2D eigenvalue weighted by atomic mass is 10.1. The molecule has 5 nitrogen and oxygen atoms in total. The van der Waals surface area contributed by atoms with Crippen molar-refractivity contribution < 1.29 is 14.7 Å². The maximum atomic E-state index is 12.6. The summed E-state index contributed by atoms with van der Waals surface area (Å²) in [5.41, 5.74) is 3.20. The fourth-order valence-electron chi connectivity index (χ4n) is 2.94. The molecule has 1 aromatic carbocycles. The number of benzene rings is 1. The van der Waals surface area contributed by atoms with E-state index >= 15 is 0 Å². The van der Waals surface area contributed by atoms with Gasteiger partial charge in [-0.1, -0.05) is 42.5 Å². The maximum Gasteiger partial charge on any atom is 0.303 e. The van der Waals surface area contributed by atoms with Crippen LogP contribution in [-0.2, 0) is 9.59 Å². The van der Waals surface area contributed by atoms with Gasteiger partial charge in [0.15, 0.2) is 0 Å². The first-order valence-corrected chi connectivity index (χ1v) is 9.73. The number of aromatic nitrogens is 1. The number of thiocarbonyl (C=S) groups is 1. The summed E-state index contributed by atoms with van der Waals surface area (Å²) in [5, 5.41) is 9.74. The lowest BCUT2D eigenvalue weighted by Gasteiger charge is -2.13. The molecule has 1 aliphatic heterocycles. The third kappa shape index (κ3) is 4.16. The Balaban J connectivity index is 1.67. The van der Waals surface area contributed by atoms with Crippen molar-refractivity contribution >= 4 is 57.2 Å². The van der Waals surface area contributed by atoms with Crippen molar-refractivity contribution in [2.45, 2.75) is 32.6 Å². The van der Waals surface area contributed by atoms with E-state index in [9.17, 15) is 9.59 Å². The van der Waals surface area contributed by atoms with Crippen LogP contribution in [0.25, 0.3) is 17.0 Å². The number of unbranched alkanes of at least 4 members (excludes halogenated alkanes) is 2. The molecule has 1 fully saturated rings. The number of nitrogens with zero attached hydrogens (tertiary/aromatic N) is 1. The Kier molecular flexibility index (Phi) is 5.78. The zero-order valence-electron chi connectivity index (χ0n) is 14.4. The van der Waals surface area contributed by atoms with Crippen LogP contribution in [0.2, 0.25) is 0 Å². The van der Waals surface area contributed by atoms with Crippen LogP contribution in [0.15, 0.2) is 29.3 Å². The average Bonchev–Trinajstić information content (AvgIpc) is 3.09. The molecule has 136 valence electrons. The van der Waals surface area contributed by atoms with E-state index < -0.39 is 5.97 Å². The Labute approximate surface area is 161 Å². The lowest BCUT2D eigenvalue weighted by Crippen LogP contribution is -2.29. The van der Waals surface area contributed by atoms with Gasteiger partial charge in [0, 0.05) is 35.6 Å². The van der Waals surface area contributed by atoms with Gasteiger partial charge in [-0.3, -0.25) is 14.5 Å². The molecule has 0 unspecified atom stereocenters. The number of hydrogen-bond donors (Lipinski definition) is 2. The molecule has 2 heterocycles. The van der Waals surface area contributed by atoms with Gasteiger partial charge in [0.05, 0.1) is 4.91 Å². The number of thioether (sulfide) groups is 1. The number of carboxylic acid groups (broad SMARTS) is 1. The van der Waals surface area contributed by atoms with Crippen LogP contribution in [0.1, 0.15) is 36.8 Å². The number of aliphatic carboxylic acids is 1. The van der Waals surface area contributed by atoms with Gasteiger partial charge in [-0.2, -0.15) is 0 Å². The highest BCUT2D eigenvalue weighted by molar-refractivity contribution is 8.26. The van der Waals surface area contributed by atoms with E-state index in [0.717, 1.165) is 29.3 Å². The van der Waals surface area contributed by atoms with Crippen LogP contribution in [0, 0.1) is 6.92 Å². The molecule has 1 aliphatic rings. The van der Waals surface area contributed by atoms with Crippen LogP contribution < -0.4 is 0 Å². The number of rotatable bonds is 7. The minimum absolute atomic E-state index is 0.0697. The number of aryl methyl sites for hydroxylation is 1. The molecule has 0 radical (unpaired) electrons. The molecule has 1 amide bonds. The Bertz CT molecular complexity index is 901. The van der Waals surface area contributed by atoms with E-state index in [4.69, 9.17) is 17.3 Å². The molecule has 1 aromatic heterocycles. The first-order valence-electron chi connectivity index (χ1n) is 8.50. The molecular weight excluding hydrogens is 368 g/mol. The van der Waals surface area contributed by atoms with Gasteiger partial charge < -0.3 is 10.1 Å². The van der Waals surface area contributed by atoms with Crippen molar-refractivity contribution in [1.29, 1.82) is 0 Å². The summed E-state index contributed by atoms with van der Waals surface area (Å²) in [7, 11) is 0. The molecule has 2 aromatic rings. The molecule has 7 heteroatoms. The van der Waals surface area contributed by atoms with Gasteiger partial charge in [0.1, 0.15) is 4.32 Å². The Morgan fingerprint density at radius 1 is 1.35 bits per heavy atom.